The van der Waals surface area contributed by atoms with Crippen LogP contribution in [-0.4, -0.2) is 47.1 Å². The van der Waals surface area contributed by atoms with Crippen molar-refractivity contribution in [2.45, 2.75) is 13.0 Å². The molecule has 0 saturated carbocycles. The van der Waals surface area contributed by atoms with Crippen molar-refractivity contribution >= 4 is 0 Å². The first kappa shape index (κ1) is 14.7. The van der Waals surface area contributed by atoms with Crippen LogP contribution in [0.4, 0.5) is 0 Å². The quantitative estimate of drug-likeness (QED) is 0.777. The van der Waals surface area contributed by atoms with Crippen LogP contribution in [-0.2, 0) is 13.6 Å². The van der Waals surface area contributed by atoms with E-state index in [1.54, 1.807) is 4.80 Å². The molecule has 0 aliphatic carbocycles. The number of aromatic nitrogens is 3. The van der Waals surface area contributed by atoms with Gasteiger partial charge >= 0.3 is 0 Å². The van der Waals surface area contributed by atoms with Crippen LogP contribution in [0.25, 0.3) is 11.3 Å². The van der Waals surface area contributed by atoms with Crippen molar-refractivity contribution in [2.75, 3.05) is 27.2 Å². The normalized spacial score (nSPS) is 11.2. The highest BCUT2D eigenvalue weighted by atomic mass is 15.5. The van der Waals surface area contributed by atoms with Crippen molar-refractivity contribution < 1.29 is 0 Å². The number of hydrogen-bond acceptors (Lipinski definition) is 4. The number of hydrogen-bond donors (Lipinski definition) is 1. The molecule has 2 rings (SSSR count). The Bertz CT molecular complexity index is 518. The molecule has 0 aliphatic heterocycles. The highest BCUT2D eigenvalue weighted by molar-refractivity contribution is 5.60. The summed E-state index contributed by atoms with van der Waals surface area (Å²) in [6.07, 6.45) is 1.13. The molecule has 0 atom stereocenters. The van der Waals surface area contributed by atoms with E-state index < -0.39 is 0 Å². The minimum absolute atomic E-state index is 0.755. The van der Waals surface area contributed by atoms with Crippen LogP contribution in [0.15, 0.2) is 30.3 Å². The maximum Gasteiger partial charge on any atom is 0.117 e. The molecule has 0 amide bonds. The molecular formula is C15H23N5. The fourth-order valence-corrected chi connectivity index (χ4v) is 2.11. The molecule has 5 nitrogen and oxygen atoms in total. The second-order valence-electron chi connectivity index (χ2n) is 5.18. The highest BCUT2D eigenvalue weighted by Gasteiger charge is 2.10. The summed E-state index contributed by atoms with van der Waals surface area (Å²) in [7, 11) is 6.05. The van der Waals surface area contributed by atoms with Crippen LogP contribution < -0.4 is 5.32 Å². The zero-order valence-corrected chi connectivity index (χ0v) is 12.5. The van der Waals surface area contributed by atoms with E-state index in [2.05, 4.69) is 46.6 Å². The molecule has 1 heterocycles. The smallest absolute Gasteiger partial charge is 0.117 e. The Hall–Kier alpha value is -1.72. The number of benzene rings is 1. The van der Waals surface area contributed by atoms with E-state index in [0.717, 1.165) is 43.0 Å². The Balaban J connectivity index is 1.95. The largest absolute Gasteiger partial charge is 0.311 e. The Labute approximate surface area is 120 Å². The molecular weight excluding hydrogens is 250 g/mol. The van der Waals surface area contributed by atoms with Gasteiger partial charge in [-0.05, 0) is 33.6 Å². The van der Waals surface area contributed by atoms with Crippen LogP contribution in [0.3, 0.4) is 0 Å². The summed E-state index contributed by atoms with van der Waals surface area (Å²) in [6, 6.07) is 10.2. The van der Waals surface area contributed by atoms with Gasteiger partial charge in [0.05, 0.1) is 0 Å². The zero-order valence-electron chi connectivity index (χ0n) is 12.5. The van der Waals surface area contributed by atoms with Crippen molar-refractivity contribution in [1.29, 1.82) is 0 Å². The van der Waals surface area contributed by atoms with Gasteiger partial charge in [-0.25, -0.2) is 0 Å². The predicted octanol–water partition coefficient (Wildman–Crippen LogP) is 1.52. The van der Waals surface area contributed by atoms with Crippen LogP contribution in [0, 0.1) is 0 Å². The second-order valence-corrected chi connectivity index (χ2v) is 5.18. The van der Waals surface area contributed by atoms with Gasteiger partial charge in [0.1, 0.15) is 11.4 Å². The van der Waals surface area contributed by atoms with Crippen molar-refractivity contribution in [3.05, 3.63) is 36.0 Å². The number of nitrogens with zero attached hydrogens (tertiary/aromatic N) is 4. The molecule has 1 aromatic heterocycles. The van der Waals surface area contributed by atoms with Gasteiger partial charge in [0.2, 0.25) is 0 Å². The molecule has 0 aliphatic rings. The predicted molar refractivity (Wildman–Crippen MR) is 81.3 cm³/mol. The summed E-state index contributed by atoms with van der Waals surface area (Å²) >= 11 is 0. The molecule has 2 aromatic rings. The Morgan fingerprint density at radius 3 is 2.60 bits per heavy atom. The van der Waals surface area contributed by atoms with E-state index >= 15 is 0 Å². The topological polar surface area (TPSA) is 46.0 Å². The summed E-state index contributed by atoms with van der Waals surface area (Å²) in [4.78, 5) is 3.83. The van der Waals surface area contributed by atoms with Gasteiger partial charge in [-0.15, -0.1) is 0 Å². The maximum absolute atomic E-state index is 4.47. The fourth-order valence-electron chi connectivity index (χ4n) is 2.11. The lowest BCUT2D eigenvalue weighted by atomic mass is 10.1. The monoisotopic (exact) mass is 273 g/mol. The van der Waals surface area contributed by atoms with E-state index in [0.29, 0.717) is 0 Å². The standard InChI is InChI=1S/C15H23N5/c1-19(2)11-7-10-16-12-14-15(18-20(3)17-14)13-8-5-4-6-9-13/h4-6,8-9,16H,7,10-12H2,1-3H3. The Morgan fingerprint density at radius 2 is 1.90 bits per heavy atom. The first-order valence-electron chi connectivity index (χ1n) is 6.98. The third kappa shape index (κ3) is 4.15. The van der Waals surface area contributed by atoms with Crippen LogP contribution in [0.1, 0.15) is 12.1 Å². The summed E-state index contributed by atoms with van der Waals surface area (Å²) in [5.41, 5.74) is 3.09. The average Bonchev–Trinajstić information content (AvgIpc) is 2.80. The molecule has 108 valence electrons. The third-order valence-electron chi connectivity index (χ3n) is 3.08. The molecule has 0 bridgehead atoms. The Morgan fingerprint density at radius 1 is 1.15 bits per heavy atom. The number of nitrogens with one attached hydrogen (secondary N) is 1. The zero-order chi connectivity index (χ0) is 14.4. The fraction of sp³-hybridized carbons (Fsp3) is 0.467. The molecule has 0 spiro atoms. The molecule has 0 fully saturated rings. The van der Waals surface area contributed by atoms with Gasteiger partial charge in [0, 0.05) is 19.2 Å². The first-order valence-corrected chi connectivity index (χ1v) is 6.98. The maximum atomic E-state index is 4.47. The van der Waals surface area contributed by atoms with Gasteiger partial charge in [-0.3, -0.25) is 0 Å². The van der Waals surface area contributed by atoms with E-state index in [9.17, 15) is 0 Å². The van der Waals surface area contributed by atoms with Crippen molar-refractivity contribution in [3.63, 3.8) is 0 Å². The van der Waals surface area contributed by atoms with Crippen LogP contribution >= 0.6 is 0 Å². The molecule has 0 saturated heterocycles. The van der Waals surface area contributed by atoms with Crippen LogP contribution in [0.2, 0.25) is 0 Å². The van der Waals surface area contributed by atoms with Crippen molar-refractivity contribution in [1.82, 2.24) is 25.2 Å². The minimum atomic E-state index is 0.755. The number of rotatable bonds is 7. The van der Waals surface area contributed by atoms with Gasteiger partial charge in [0.15, 0.2) is 0 Å². The molecule has 1 N–H and O–H groups in total. The minimum Gasteiger partial charge on any atom is -0.311 e. The van der Waals surface area contributed by atoms with Crippen LogP contribution in [0.5, 0.6) is 0 Å². The number of aryl methyl sites for hydroxylation is 1. The van der Waals surface area contributed by atoms with E-state index in [1.165, 1.54) is 0 Å². The van der Waals surface area contributed by atoms with E-state index in [1.807, 2.05) is 25.2 Å². The molecule has 20 heavy (non-hydrogen) atoms. The third-order valence-corrected chi connectivity index (χ3v) is 3.08. The first-order chi connectivity index (χ1) is 9.66. The lowest BCUT2D eigenvalue weighted by molar-refractivity contribution is 0.394. The molecule has 0 unspecified atom stereocenters. The van der Waals surface area contributed by atoms with Crippen molar-refractivity contribution in [2.24, 2.45) is 7.05 Å². The SMILES string of the molecule is CN(C)CCCNCc1nn(C)nc1-c1ccccc1. The summed E-state index contributed by atoms with van der Waals surface area (Å²) in [6.45, 7) is 2.84. The highest BCUT2D eigenvalue weighted by Crippen LogP contribution is 2.19. The molecule has 5 heteroatoms. The van der Waals surface area contributed by atoms with E-state index in [4.69, 9.17) is 0 Å². The Kier molecular flexibility index (Phi) is 5.26. The van der Waals surface area contributed by atoms with Gasteiger partial charge in [-0.2, -0.15) is 15.0 Å². The average molecular weight is 273 g/mol. The molecule has 0 radical (unpaired) electrons. The summed E-state index contributed by atoms with van der Waals surface area (Å²) in [5, 5.41) is 12.4. The van der Waals surface area contributed by atoms with Gasteiger partial charge < -0.3 is 10.2 Å². The second kappa shape index (κ2) is 7.17. The van der Waals surface area contributed by atoms with Gasteiger partial charge in [0.25, 0.3) is 0 Å². The summed E-state index contributed by atoms with van der Waals surface area (Å²) < 4.78 is 0. The summed E-state index contributed by atoms with van der Waals surface area (Å²) in [5.74, 6) is 0. The lowest BCUT2D eigenvalue weighted by Gasteiger charge is -2.09. The van der Waals surface area contributed by atoms with Gasteiger partial charge in [-0.1, -0.05) is 30.3 Å². The lowest BCUT2D eigenvalue weighted by Crippen LogP contribution is -2.21. The molecule has 1 aromatic carbocycles. The van der Waals surface area contributed by atoms with E-state index in [-0.39, 0.29) is 0 Å². The van der Waals surface area contributed by atoms with Crippen molar-refractivity contribution in [3.8, 4) is 11.3 Å².